The van der Waals surface area contributed by atoms with Gasteiger partial charge in [-0.1, -0.05) is 72.5 Å². The fourth-order valence-corrected chi connectivity index (χ4v) is 5.03. The third-order valence-corrected chi connectivity index (χ3v) is 6.82. The molecule has 2 aliphatic heterocycles. The van der Waals surface area contributed by atoms with E-state index in [1.807, 2.05) is 30.3 Å². The first kappa shape index (κ1) is 26.3. The molecule has 1 N–H and O–H groups in total. The molecule has 0 bridgehead atoms. The van der Waals surface area contributed by atoms with Crippen molar-refractivity contribution in [2.45, 2.75) is 18.6 Å². The largest absolute Gasteiger partial charge is 0.416 e. The van der Waals surface area contributed by atoms with E-state index < -0.39 is 48.0 Å². The number of carbonyl (C=O) groups is 4. The lowest BCUT2D eigenvalue weighted by Crippen LogP contribution is -2.45. The average molecular weight is 546 g/mol. The molecule has 0 aromatic heterocycles. The summed E-state index contributed by atoms with van der Waals surface area (Å²) >= 11 is 6.26. The van der Waals surface area contributed by atoms with Gasteiger partial charge in [0.1, 0.15) is 16.9 Å². The number of anilines is 1. The van der Waals surface area contributed by atoms with Crippen molar-refractivity contribution in [3.8, 4) is 0 Å². The maximum atomic E-state index is 13.0. The zero-order valence-corrected chi connectivity index (χ0v) is 20.5. The second-order valence-electron chi connectivity index (χ2n) is 8.01. The molecule has 2 fully saturated rings. The fraction of sp³-hybridized carbons (Fsp3) is 0.160. The van der Waals surface area contributed by atoms with Crippen molar-refractivity contribution < 1.29 is 32.3 Å². The molecule has 190 valence electrons. The zero-order valence-electron chi connectivity index (χ0n) is 18.9. The normalized spacial score (nSPS) is 19.5. The molecule has 0 unspecified atom stereocenters. The van der Waals surface area contributed by atoms with Gasteiger partial charge >= 0.3 is 6.18 Å². The van der Waals surface area contributed by atoms with E-state index in [4.69, 9.17) is 12.2 Å². The van der Waals surface area contributed by atoms with E-state index in [2.05, 4.69) is 5.32 Å². The molecule has 2 aromatic carbocycles. The Labute approximate surface area is 219 Å². The van der Waals surface area contributed by atoms with E-state index in [-0.39, 0.29) is 21.3 Å². The summed E-state index contributed by atoms with van der Waals surface area (Å²) in [5.74, 6) is -2.88. The van der Waals surface area contributed by atoms with Crippen molar-refractivity contribution in [2.24, 2.45) is 0 Å². The van der Waals surface area contributed by atoms with Crippen LogP contribution in [0.4, 0.5) is 18.9 Å². The van der Waals surface area contributed by atoms with Gasteiger partial charge in [-0.25, -0.2) is 0 Å². The number of thioether (sulfide) groups is 1. The minimum absolute atomic E-state index is 0.103. The number of rotatable bonds is 6. The Balaban J connectivity index is 1.41. The smallest absolute Gasteiger partial charge is 0.325 e. The standard InChI is InChI=1S/C25H18F3N3O4S2/c26-25(27,28)16-9-5-10-17(12-16)29-20(32)14-30-21(33)13-18(22(30)34)31-23(35)19(37-24(31)36)11-4-8-15-6-2-1-3-7-15/h1-12,18H,13-14H2,(H,29,32)/b8-4+,19-11-/t18-/m0/s1. The second-order valence-corrected chi connectivity index (χ2v) is 9.68. The van der Waals surface area contributed by atoms with Crippen LogP contribution in [0.25, 0.3) is 6.08 Å². The highest BCUT2D eigenvalue weighted by atomic mass is 32.2. The summed E-state index contributed by atoms with van der Waals surface area (Å²) in [6.45, 7) is -0.713. The minimum atomic E-state index is -4.60. The third-order valence-electron chi connectivity index (χ3n) is 5.47. The van der Waals surface area contributed by atoms with Crippen LogP contribution in [0.2, 0.25) is 0 Å². The van der Waals surface area contributed by atoms with E-state index in [9.17, 15) is 32.3 Å². The first-order valence-electron chi connectivity index (χ1n) is 10.8. The molecule has 1 atom stereocenters. The maximum absolute atomic E-state index is 13.0. The number of alkyl halides is 3. The van der Waals surface area contributed by atoms with Crippen LogP contribution < -0.4 is 5.32 Å². The van der Waals surface area contributed by atoms with Crippen molar-refractivity contribution in [1.82, 2.24) is 9.80 Å². The number of nitrogens with zero attached hydrogens (tertiary/aromatic N) is 2. The van der Waals surface area contributed by atoms with Gasteiger partial charge in [-0.3, -0.25) is 29.0 Å². The van der Waals surface area contributed by atoms with E-state index >= 15 is 0 Å². The quantitative estimate of drug-likeness (QED) is 0.332. The number of likely N-dealkylation sites (tertiary alicyclic amines) is 1. The summed E-state index contributed by atoms with van der Waals surface area (Å²) in [4.78, 5) is 52.8. The molecule has 0 spiro atoms. The number of amides is 4. The number of benzene rings is 2. The molecule has 4 amide bonds. The van der Waals surface area contributed by atoms with Crippen molar-refractivity contribution in [2.75, 3.05) is 11.9 Å². The SMILES string of the molecule is O=C(CN1C(=O)C[C@H](N2C(=O)/C(=C/C=C/c3ccccc3)SC2=S)C1=O)Nc1cccc(C(F)(F)F)c1. The van der Waals surface area contributed by atoms with Crippen molar-refractivity contribution in [3.63, 3.8) is 0 Å². The third kappa shape index (κ3) is 5.97. The predicted octanol–water partition coefficient (Wildman–Crippen LogP) is 4.23. The highest BCUT2D eigenvalue weighted by Gasteiger charge is 2.48. The van der Waals surface area contributed by atoms with Crippen LogP contribution in [0.5, 0.6) is 0 Å². The van der Waals surface area contributed by atoms with Crippen molar-refractivity contribution >= 4 is 63.7 Å². The molecule has 2 aromatic rings. The molecule has 12 heteroatoms. The number of nitrogens with one attached hydrogen (secondary N) is 1. The van der Waals surface area contributed by atoms with Crippen LogP contribution in [0, 0.1) is 0 Å². The minimum Gasteiger partial charge on any atom is -0.325 e. The first-order chi connectivity index (χ1) is 17.5. The molecule has 4 rings (SSSR count). The summed E-state index contributed by atoms with van der Waals surface area (Å²) in [5.41, 5.74) is -0.175. The first-order valence-corrected chi connectivity index (χ1v) is 12.1. The van der Waals surface area contributed by atoms with Crippen molar-refractivity contribution in [1.29, 1.82) is 0 Å². The summed E-state index contributed by atoms with van der Waals surface area (Å²) < 4.78 is 38.8. The van der Waals surface area contributed by atoms with Gasteiger partial charge < -0.3 is 5.32 Å². The maximum Gasteiger partial charge on any atom is 0.416 e. The summed E-state index contributed by atoms with van der Waals surface area (Å²) in [5, 5.41) is 2.26. The number of halogens is 3. The molecule has 2 aliphatic rings. The van der Waals surface area contributed by atoms with Gasteiger partial charge in [0.05, 0.1) is 16.9 Å². The Morgan fingerprint density at radius 1 is 1.11 bits per heavy atom. The van der Waals surface area contributed by atoms with Gasteiger partial charge in [0.15, 0.2) is 0 Å². The molecule has 2 saturated heterocycles. The van der Waals surface area contributed by atoms with Gasteiger partial charge in [0.2, 0.25) is 11.8 Å². The Morgan fingerprint density at radius 2 is 1.84 bits per heavy atom. The monoisotopic (exact) mass is 545 g/mol. The topological polar surface area (TPSA) is 86.8 Å². The van der Waals surface area contributed by atoms with Crippen LogP contribution in [0.3, 0.4) is 0 Å². The van der Waals surface area contributed by atoms with E-state index in [1.165, 1.54) is 6.07 Å². The van der Waals surface area contributed by atoms with Crippen LogP contribution in [-0.4, -0.2) is 50.3 Å². The molecule has 0 radical (unpaired) electrons. The lowest BCUT2D eigenvalue weighted by molar-refractivity contribution is -0.143. The van der Waals surface area contributed by atoms with E-state index in [1.54, 1.807) is 18.2 Å². The number of allylic oxidation sites excluding steroid dienone is 2. The van der Waals surface area contributed by atoms with Crippen LogP contribution in [0.1, 0.15) is 17.5 Å². The summed E-state index contributed by atoms with van der Waals surface area (Å²) in [6.07, 6.45) is 0.0660. The lowest BCUT2D eigenvalue weighted by atomic mass is 10.2. The van der Waals surface area contributed by atoms with Gasteiger partial charge in [-0.2, -0.15) is 13.2 Å². The van der Waals surface area contributed by atoms with Gasteiger partial charge in [0.25, 0.3) is 11.8 Å². The second kappa shape index (κ2) is 10.7. The summed E-state index contributed by atoms with van der Waals surface area (Å²) in [6, 6.07) is 12.1. The lowest BCUT2D eigenvalue weighted by Gasteiger charge is -2.21. The number of carbonyl (C=O) groups excluding carboxylic acids is 4. The molecule has 0 saturated carbocycles. The van der Waals surface area contributed by atoms with Crippen LogP contribution in [0.15, 0.2) is 71.7 Å². The van der Waals surface area contributed by atoms with Crippen molar-refractivity contribution in [3.05, 3.63) is 82.8 Å². The van der Waals surface area contributed by atoms with Crippen LogP contribution in [-0.2, 0) is 25.4 Å². The Kier molecular flexibility index (Phi) is 7.60. The number of imide groups is 1. The highest BCUT2D eigenvalue weighted by Crippen LogP contribution is 2.35. The molecule has 0 aliphatic carbocycles. The fourth-order valence-electron chi connectivity index (χ4n) is 3.72. The van der Waals surface area contributed by atoms with Gasteiger partial charge in [0, 0.05) is 5.69 Å². The van der Waals surface area contributed by atoms with Gasteiger partial charge in [-0.15, -0.1) is 0 Å². The van der Waals surface area contributed by atoms with Crippen LogP contribution >= 0.6 is 24.0 Å². The molecule has 7 nitrogen and oxygen atoms in total. The number of thiocarbonyl (C=S) groups is 1. The van der Waals surface area contributed by atoms with E-state index in [0.29, 0.717) is 4.90 Å². The Bertz CT molecular complexity index is 1340. The number of hydrogen-bond donors (Lipinski definition) is 1. The highest BCUT2D eigenvalue weighted by molar-refractivity contribution is 8.26. The average Bonchev–Trinajstić information content (AvgIpc) is 3.28. The Morgan fingerprint density at radius 3 is 2.54 bits per heavy atom. The molecule has 2 heterocycles. The zero-order chi connectivity index (χ0) is 26.7. The van der Waals surface area contributed by atoms with Gasteiger partial charge in [-0.05, 0) is 29.8 Å². The number of hydrogen-bond acceptors (Lipinski definition) is 6. The molecular weight excluding hydrogens is 527 g/mol. The molecule has 37 heavy (non-hydrogen) atoms. The van der Waals surface area contributed by atoms with E-state index in [0.717, 1.165) is 40.4 Å². The summed E-state index contributed by atoms with van der Waals surface area (Å²) in [7, 11) is 0. The Hall–Kier alpha value is -3.77. The molecular formula is C25H18F3N3O4S2. The predicted molar refractivity (Wildman–Crippen MR) is 136 cm³/mol.